The lowest BCUT2D eigenvalue weighted by Crippen LogP contribution is -2.15. The van der Waals surface area contributed by atoms with E-state index >= 15 is 0 Å². The van der Waals surface area contributed by atoms with E-state index in [0.717, 1.165) is 5.56 Å². The van der Waals surface area contributed by atoms with Gasteiger partial charge in [0.2, 0.25) is 5.82 Å². The maximum absolute atomic E-state index is 12.9. The number of hydrogen-bond donors (Lipinski definition) is 2. The van der Waals surface area contributed by atoms with Gasteiger partial charge >= 0.3 is 12.1 Å². The molecule has 0 bridgehead atoms. The molecule has 0 radical (unpaired) electrons. The minimum absolute atomic E-state index is 0.0766. The largest absolute Gasteiger partial charge is 0.471 e. The van der Waals surface area contributed by atoms with Crippen molar-refractivity contribution in [2.24, 2.45) is 0 Å². The number of aromatic nitrogens is 4. The standard InChI is InChI=1S/C21H18F3N5O4/c1-12-2-3-14(18-27-20(33-28-18)21(22,23)24)9-15(12)26-19(31)16-10-25-17-8-13(4-5-29(16)17)11-32-7-6-30/h2-5,8-10,30H,6-7,11H2,1H3,(H,26,31). The number of nitrogens with one attached hydrogen (secondary N) is 1. The van der Waals surface area contributed by atoms with E-state index in [4.69, 9.17) is 9.84 Å². The molecule has 12 heteroatoms. The van der Waals surface area contributed by atoms with Crippen molar-refractivity contribution in [1.29, 1.82) is 0 Å². The Morgan fingerprint density at radius 3 is 2.82 bits per heavy atom. The number of imidazole rings is 1. The number of rotatable bonds is 7. The molecular formula is C21H18F3N5O4. The number of carbonyl (C=O) groups is 1. The summed E-state index contributed by atoms with van der Waals surface area (Å²) < 4.78 is 49.4. The first-order valence-corrected chi connectivity index (χ1v) is 9.74. The predicted octanol–water partition coefficient (Wildman–Crippen LogP) is 3.47. The topological polar surface area (TPSA) is 115 Å². The van der Waals surface area contributed by atoms with E-state index in [2.05, 4.69) is 25.0 Å². The van der Waals surface area contributed by atoms with Crippen molar-refractivity contribution in [3.8, 4) is 11.4 Å². The third-order valence-corrected chi connectivity index (χ3v) is 4.73. The summed E-state index contributed by atoms with van der Waals surface area (Å²) >= 11 is 0. The Balaban J connectivity index is 1.55. The molecule has 0 spiro atoms. The number of hydrogen-bond acceptors (Lipinski definition) is 7. The second-order valence-corrected chi connectivity index (χ2v) is 7.09. The van der Waals surface area contributed by atoms with Crippen LogP contribution in [0.15, 0.2) is 47.2 Å². The van der Waals surface area contributed by atoms with Crippen LogP contribution in [0.25, 0.3) is 17.0 Å². The quantitative estimate of drug-likeness (QED) is 0.405. The Morgan fingerprint density at radius 2 is 2.09 bits per heavy atom. The van der Waals surface area contributed by atoms with Crippen LogP contribution < -0.4 is 5.32 Å². The smallest absolute Gasteiger partial charge is 0.394 e. The molecule has 172 valence electrons. The number of ether oxygens (including phenoxy) is 1. The summed E-state index contributed by atoms with van der Waals surface area (Å²) in [7, 11) is 0. The van der Waals surface area contributed by atoms with Gasteiger partial charge in [0.1, 0.15) is 11.3 Å². The highest BCUT2D eigenvalue weighted by Crippen LogP contribution is 2.30. The summed E-state index contributed by atoms with van der Waals surface area (Å²) in [6, 6.07) is 8.15. The number of halogens is 3. The Kier molecular flexibility index (Phi) is 6.11. The van der Waals surface area contributed by atoms with Gasteiger partial charge in [-0.15, -0.1) is 0 Å². The lowest BCUT2D eigenvalue weighted by Gasteiger charge is -2.10. The third kappa shape index (κ3) is 4.86. The van der Waals surface area contributed by atoms with Gasteiger partial charge in [0, 0.05) is 17.4 Å². The SMILES string of the molecule is Cc1ccc(-c2noc(C(F)(F)F)n2)cc1NC(=O)c1cnc2cc(COCCO)ccn12. The molecule has 0 aliphatic carbocycles. The van der Waals surface area contributed by atoms with Crippen LogP contribution in [0.5, 0.6) is 0 Å². The second kappa shape index (κ2) is 9.00. The van der Waals surface area contributed by atoms with Gasteiger partial charge in [-0.1, -0.05) is 17.3 Å². The highest BCUT2D eigenvalue weighted by atomic mass is 19.4. The van der Waals surface area contributed by atoms with Crippen LogP contribution in [-0.2, 0) is 17.5 Å². The maximum atomic E-state index is 12.9. The van der Waals surface area contributed by atoms with Crippen molar-refractivity contribution in [2.45, 2.75) is 19.7 Å². The van der Waals surface area contributed by atoms with Crippen LogP contribution in [0.3, 0.4) is 0 Å². The molecule has 4 aromatic rings. The summed E-state index contributed by atoms with van der Waals surface area (Å²) in [5.41, 5.74) is 2.93. The van der Waals surface area contributed by atoms with Gasteiger partial charge in [0.05, 0.1) is 26.0 Å². The van der Waals surface area contributed by atoms with E-state index in [9.17, 15) is 18.0 Å². The zero-order chi connectivity index (χ0) is 23.6. The van der Waals surface area contributed by atoms with Crippen LogP contribution >= 0.6 is 0 Å². The van der Waals surface area contributed by atoms with Gasteiger partial charge in [-0.2, -0.15) is 18.2 Å². The molecule has 3 heterocycles. The number of alkyl halides is 3. The molecule has 3 aromatic heterocycles. The summed E-state index contributed by atoms with van der Waals surface area (Å²) in [5, 5.41) is 14.9. The van der Waals surface area contributed by atoms with Crippen molar-refractivity contribution in [1.82, 2.24) is 19.5 Å². The number of carbonyl (C=O) groups excluding carboxylic acids is 1. The molecule has 0 unspecified atom stereocenters. The number of aryl methyl sites for hydroxylation is 1. The monoisotopic (exact) mass is 461 g/mol. The molecule has 2 N–H and O–H groups in total. The molecule has 0 saturated heterocycles. The average molecular weight is 461 g/mol. The van der Waals surface area contributed by atoms with Crippen molar-refractivity contribution >= 4 is 17.2 Å². The first-order chi connectivity index (χ1) is 15.8. The van der Waals surface area contributed by atoms with E-state index in [1.807, 2.05) is 0 Å². The maximum Gasteiger partial charge on any atom is 0.471 e. The fraction of sp³-hybridized carbons (Fsp3) is 0.238. The van der Waals surface area contributed by atoms with Gasteiger partial charge in [-0.25, -0.2) is 4.98 Å². The van der Waals surface area contributed by atoms with Crippen molar-refractivity contribution < 1.29 is 32.3 Å². The van der Waals surface area contributed by atoms with E-state index < -0.39 is 18.0 Å². The number of fused-ring (bicyclic) bond motifs is 1. The average Bonchev–Trinajstić information content (AvgIpc) is 3.42. The number of benzene rings is 1. The number of anilines is 1. The number of nitrogens with zero attached hydrogens (tertiary/aromatic N) is 4. The number of aliphatic hydroxyl groups is 1. The summed E-state index contributed by atoms with van der Waals surface area (Å²) in [4.78, 5) is 20.5. The van der Waals surface area contributed by atoms with E-state index in [1.54, 1.807) is 35.7 Å². The Hall–Kier alpha value is -3.77. The van der Waals surface area contributed by atoms with Gasteiger partial charge in [-0.3, -0.25) is 9.20 Å². The Labute approximate surface area is 184 Å². The molecule has 33 heavy (non-hydrogen) atoms. The van der Waals surface area contributed by atoms with E-state index in [-0.39, 0.29) is 30.3 Å². The summed E-state index contributed by atoms with van der Waals surface area (Å²) in [6.45, 7) is 2.17. The molecule has 1 amide bonds. The molecule has 0 fully saturated rings. The predicted molar refractivity (Wildman–Crippen MR) is 109 cm³/mol. The summed E-state index contributed by atoms with van der Waals surface area (Å²) in [5.74, 6) is -2.16. The lowest BCUT2D eigenvalue weighted by atomic mass is 10.1. The number of pyridine rings is 1. The Bertz CT molecular complexity index is 1300. The Morgan fingerprint density at radius 1 is 1.27 bits per heavy atom. The fourth-order valence-electron chi connectivity index (χ4n) is 3.07. The van der Waals surface area contributed by atoms with E-state index in [1.165, 1.54) is 18.3 Å². The van der Waals surface area contributed by atoms with Crippen LogP contribution in [0.4, 0.5) is 18.9 Å². The molecule has 9 nitrogen and oxygen atoms in total. The molecule has 0 atom stereocenters. The van der Waals surface area contributed by atoms with Crippen molar-refractivity contribution in [3.63, 3.8) is 0 Å². The molecular weight excluding hydrogens is 443 g/mol. The van der Waals surface area contributed by atoms with Gasteiger partial charge in [-0.05, 0) is 36.2 Å². The van der Waals surface area contributed by atoms with Crippen LogP contribution in [-0.4, -0.2) is 43.8 Å². The first-order valence-electron chi connectivity index (χ1n) is 9.74. The van der Waals surface area contributed by atoms with Gasteiger partial charge in [0.15, 0.2) is 0 Å². The highest BCUT2D eigenvalue weighted by molar-refractivity contribution is 6.04. The number of aliphatic hydroxyl groups excluding tert-OH is 1. The normalized spacial score (nSPS) is 11.8. The molecule has 0 aliphatic heterocycles. The van der Waals surface area contributed by atoms with Crippen LogP contribution in [0, 0.1) is 6.92 Å². The minimum atomic E-state index is -4.75. The van der Waals surface area contributed by atoms with E-state index in [0.29, 0.717) is 23.5 Å². The fourth-order valence-corrected chi connectivity index (χ4v) is 3.07. The summed E-state index contributed by atoms with van der Waals surface area (Å²) in [6.07, 6.45) is -1.66. The molecule has 0 aliphatic rings. The zero-order valence-corrected chi connectivity index (χ0v) is 17.3. The third-order valence-electron chi connectivity index (χ3n) is 4.73. The first kappa shape index (κ1) is 22.4. The molecule has 1 aromatic carbocycles. The zero-order valence-electron chi connectivity index (χ0n) is 17.3. The van der Waals surface area contributed by atoms with Crippen molar-refractivity contribution in [2.75, 3.05) is 18.5 Å². The highest BCUT2D eigenvalue weighted by Gasteiger charge is 2.38. The molecule has 0 saturated carbocycles. The molecule has 4 rings (SSSR count). The minimum Gasteiger partial charge on any atom is -0.394 e. The van der Waals surface area contributed by atoms with Gasteiger partial charge in [0.25, 0.3) is 5.91 Å². The number of amides is 1. The van der Waals surface area contributed by atoms with Gasteiger partial charge < -0.3 is 19.7 Å². The van der Waals surface area contributed by atoms with Crippen LogP contribution in [0.2, 0.25) is 0 Å². The lowest BCUT2D eigenvalue weighted by molar-refractivity contribution is -0.159. The van der Waals surface area contributed by atoms with Crippen molar-refractivity contribution in [3.05, 3.63) is 65.4 Å². The second-order valence-electron chi connectivity index (χ2n) is 7.09. The van der Waals surface area contributed by atoms with Crippen LogP contribution in [0.1, 0.15) is 27.5 Å².